The predicted molar refractivity (Wildman–Crippen MR) is 116 cm³/mol. The van der Waals surface area contributed by atoms with Crippen LogP contribution in [0, 0.1) is 41.4 Å². The average molecular weight is 395 g/mol. The molecule has 0 radical (unpaired) electrons. The molecule has 4 aliphatic carbocycles. The maximum atomic E-state index is 12.9. The van der Waals surface area contributed by atoms with E-state index in [1.165, 1.54) is 70.6 Å². The molecule has 0 saturated heterocycles. The van der Waals surface area contributed by atoms with E-state index in [1.54, 1.807) is 0 Å². The summed E-state index contributed by atoms with van der Waals surface area (Å²) >= 11 is 9.59. The first-order valence-corrected chi connectivity index (χ1v) is 12.5. The van der Waals surface area contributed by atoms with Gasteiger partial charge in [-0.25, -0.2) is 0 Å². The van der Waals surface area contributed by atoms with Gasteiger partial charge in [-0.15, -0.1) is 0 Å². The molecule has 0 heterocycles. The van der Waals surface area contributed by atoms with Crippen molar-refractivity contribution in [2.24, 2.45) is 41.4 Å². The van der Waals surface area contributed by atoms with E-state index < -0.39 is 0 Å². The van der Waals surface area contributed by atoms with E-state index >= 15 is 0 Å². The van der Waals surface area contributed by atoms with Crippen molar-refractivity contribution in [2.75, 3.05) is 0 Å². The summed E-state index contributed by atoms with van der Waals surface area (Å²) in [4.78, 5) is 12.9. The number of hydrogen-bond donors (Lipinski definition) is 2. The standard InChI is InChI=1S/C23H38OS2/c1-14(25)5-4-8-23(26)20-12-11-18-16(20)9-10-17-15-6-2-3-7-19(15)22(24)13-21(17)18/h14-21,23,25-26H,2-13H2,1H3. The Bertz CT molecular complexity index is 504. The molecule has 0 amide bonds. The number of fused-ring (bicyclic) bond motifs is 5. The summed E-state index contributed by atoms with van der Waals surface area (Å²) in [6, 6.07) is 0. The maximum Gasteiger partial charge on any atom is 0.136 e. The number of rotatable bonds is 5. The first kappa shape index (κ1) is 19.7. The number of Topliss-reactive ketones (excluding diaryl/α,β-unsaturated/α-hetero) is 1. The highest BCUT2D eigenvalue weighted by molar-refractivity contribution is 7.81. The van der Waals surface area contributed by atoms with E-state index in [0.717, 1.165) is 41.9 Å². The largest absolute Gasteiger partial charge is 0.299 e. The summed E-state index contributed by atoms with van der Waals surface area (Å²) in [7, 11) is 0. The minimum Gasteiger partial charge on any atom is -0.299 e. The van der Waals surface area contributed by atoms with Gasteiger partial charge in [0.2, 0.25) is 0 Å². The summed E-state index contributed by atoms with van der Waals surface area (Å²) in [6.07, 6.45) is 15.4. The quantitative estimate of drug-likeness (QED) is 0.529. The smallest absolute Gasteiger partial charge is 0.136 e. The lowest BCUT2D eigenvalue weighted by Crippen LogP contribution is -2.48. The fourth-order valence-electron chi connectivity index (χ4n) is 7.61. The zero-order valence-electron chi connectivity index (χ0n) is 16.5. The van der Waals surface area contributed by atoms with Crippen molar-refractivity contribution in [2.45, 2.75) is 94.5 Å². The molecule has 0 aliphatic heterocycles. The van der Waals surface area contributed by atoms with Crippen LogP contribution in [0.1, 0.15) is 84.0 Å². The van der Waals surface area contributed by atoms with E-state index in [9.17, 15) is 4.79 Å². The molecule has 3 heteroatoms. The van der Waals surface area contributed by atoms with Gasteiger partial charge in [-0.05, 0) is 92.1 Å². The van der Waals surface area contributed by atoms with Crippen LogP contribution in [-0.2, 0) is 4.79 Å². The number of carbonyl (C=O) groups is 1. The topological polar surface area (TPSA) is 17.1 Å². The van der Waals surface area contributed by atoms with E-state index in [2.05, 4.69) is 19.6 Å². The van der Waals surface area contributed by atoms with Gasteiger partial charge < -0.3 is 0 Å². The Morgan fingerprint density at radius 1 is 0.846 bits per heavy atom. The molecule has 4 aliphatic rings. The molecule has 0 aromatic heterocycles. The Labute approximate surface area is 171 Å². The minimum absolute atomic E-state index is 0.444. The molecule has 0 N–H and O–H groups in total. The molecule has 9 atom stereocenters. The second kappa shape index (κ2) is 8.39. The third-order valence-electron chi connectivity index (χ3n) is 8.70. The molecule has 1 nitrogen and oxygen atoms in total. The van der Waals surface area contributed by atoms with E-state index in [4.69, 9.17) is 12.6 Å². The van der Waals surface area contributed by atoms with Crippen LogP contribution in [0.2, 0.25) is 0 Å². The van der Waals surface area contributed by atoms with Gasteiger partial charge in [-0.1, -0.05) is 26.2 Å². The fourth-order valence-corrected chi connectivity index (χ4v) is 8.35. The molecule has 26 heavy (non-hydrogen) atoms. The minimum atomic E-state index is 0.444. The molecule has 0 aromatic carbocycles. The van der Waals surface area contributed by atoms with Crippen molar-refractivity contribution in [3.05, 3.63) is 0 Å². The lowest BCUT2D eigenvalue weighted by Gasteiger charge is -2.51. The van der Waals surface area contributed by atoms with Crippen LogP contribution in [0.3, 0.4) is 0 Å². The Morgan fingerprint density at radius 2 is 1.54 bits per heavy atom. The number of thiol groups is 2. The second-order valence-corrected chi connectivity index (χ2v) is 11.6. The van der Waals surface area contributed by atoms with E-state index in [-0.39, 0.29) is 0 Å². The molecule has 9 unspecified atom stereocenters. The second-order valence-electron chi connectivity index (χ2n) is 10.0. The van der Waals surface area contributed by atoms with Gasteiger partial charge in [0.25, 0.3) is 0 Å². The Kier molecular flexibility index (Phi) is 6.35. The van der Waals surface area contributed by atoms with E-state index in [1.807, 2.05) is 0 Å². The van der Waals surface area contributed by atoms with Crippen molar-refractivity contribution < 1.29 is 4.79 Å². The summed E-state index contributed by atoms with van der Waals surface area (Å²) in [5, 5.41) is 1.08. The van der Waals surface area contributed by atoms with E-state index in [0.29, 0.717) is 22.2 Å². The normalized spacial score (nSPS) is 44.7. The van der Waals surface area contributed by atoms with Crippen LogP contribution in [0.15, 0.2) is 0 Å². The maximum absolute atomic E-state index is 12.9. The van der Waals surface area contributed by atoms with Gasteiger partial charge in [0.15, 0.2) is 0 Å². The third kappa shape index (κ3) is 3.78. The van der Waals surface area contributed by atoms with Crippen molar-refractivity contribution in [3.63, 3.8) is 0 Å². The number of carbonyl (C=O) groups excluding carboxylic acids is 1. The highest BCUT2D eigenvalue weighted by atomic mass is 32.1. The van der Waals surface area contributed by atoms with Crippen LogP contribution in [-0.4, -0.2) is 16.3 Å². The highest BCUT2D eigenvalue weighted by Crippen LogP contribution is 2.59. The summed E-state index contributed by atoms with van der Waals surface area (Å²) < 4.78 is 0. The average Bonchev–Trinajstić information content (AvgIpc) is 3.06. The van der Waals surface area contributed by atoms with Crippen LogP contribution in [0.5, 0.6) is 0 Å². The van der Waals surface area contributed by atoms with Crippen LogP contribution in [0.4, 0.5) is 0 Å². The Hall–Kier alpha value is 0.370. The van der Waals surface area contributed by atoms with Gasteiger partial charge in [-0.3, -0.25) is 4.79 Å². The SMILES string of the molecule is CC(S)CCCC(S)C1CCC2C1CCC1C3CCCCC3C(=O)CC12. The van der Waals surface area contributed by atoms with Gasteiger partial charge in [0.1, 0.15) is 5.78 Å². The molecular weight excluding hydrogens is 356 g/mol. The summed E-state index contributed by atoms with van der Waals surface area (Å²) in [6.45, 7) is 2.20. The summed E-state index contributed by atoms with van der Waals surface area (Å²) in [5.74, 6) is 5.94. The van der Waals surface area contributed by atoms with Crippen LogP contribution < -0.4 is 0 Å². The molecule has 148 valence electrons. The molecule has 4 rings (SSSR count). The van der Waals surface area contributed by atoms with Crippen LogP contribution in [0.25, 0.3) is 0 Å². The zero-order chi connectivity index (χ0) is 18.3. The first-order chi connectivity index (χ1) is 12.6. The molecule has 0 aromatic rings. The number of hydrogen-bond acceptors (Lipinski definition) is 3. The van der Waals surface area contributed by atoms with Crippen molar-refractivity contribution in [3.8, 4) is 0 Å². The van der Waals surface area contributed by atoms with Gasteiger partial charge >= 0.3 is 0 Å². The first-order valence-electron chi connectivity index (χ1n) is 11.4. The highest BCUT2D eigenvalue weighted by Gasteiger charge is 2.53. The van der Waals surface area contributed by atoms with Crippen molar-refractivity contribution >= 4 is 31.0 Å². The lowest BCUT2D eigenvalue weighted by molar-refractivity contribution is -0.137. The van der Waals surface area contributed by atoms with Crippen molar-refractivity contribution in [1.82, 2.24) is 0 Å². The lowest BCUT2D eigenvalue weighted by atomic mass is 9.53. The monoisotopic (exact) mass is 394 g/mol. The third-order valence-corrected chi connectivity index (χ3v) is 9.60. The Morgan fingerprint density at radius 3 is 2.35 bits per heavy atom. The molecule has 0 bridgehead atoms. The van der Waals surface area contributed by atoms with Gasteiger partial charge in [0, 0.05) is 17.6 Å². The fraction of sp³-hybridized carbons (Fsp3) is 0.957. The summed E-state index contributed by atoms with van der Waals surface area (Å²) in [5.41, 5.74) is 0. The number of ketones is 1. The molecule has 4 saturated carbocycles. The van der Waals surface area contributed by atoms with Gasteiger partial charge in [-0.2, -0.15) is 25.3 Å². The van der Waals surface area contributed by atoms with Crippen LogP contribution >= 0.6 is 25.3 Å². The molecular formula is C23H38OS2. The van der Waals surface area contributed by atoms with Crippen molar-refractivity contribution in [1.29, 1.82) is 0 Å². The molecule has 4 fully saturated rings. The zero-order valence-corrected chi connectivity index (χ0v) is 18.3. The van der Waals surface area contributed by atoms with Gasteiger partial charge in [0.05, 0.1) is 0 Å². The predicted octanol–water partition coefficient (Wildman–Crippen LogP) is 6.22. The Balaban J connectivity index is 1.41. The molecule has 0 spiro atoms.